The minimum absolute atomic E-state index is 0.00548. The van der Waals surface area contributed by atoms with Crippen LogP contribution in [0, 0.1) is 11.3 Å². The fourth-order valence-corrected chi connectivity index (χ4v) is 4.13. The molecule has 2 fully saturated rings. The number of carbonyl (C=O) groups excluding carboxylic acids is 1. The van der Waals surface area contributed by atoms with Gasteiger partial charge in [0.05, 0.1) is 5.41 Å². The van der Waals surface area contributed by atoms with Gasteiger partial charge in [-0.25, -0.2) is 4.79 Å². The highest BCUT2D eigenvalue weighted by atomic mass is 19.3. The molecule has 1 aliphatic carbocycles. The minimum Gasteiger partial charge on any atom is -0.481 e. The average Bonchev–Trinajstić information content (AvgIpc) is 3.14. The fourth-order valence-electron chi connectivity index (χ4n) is 4.13. The summed E-state index contributed by atoms with van der Waals surface area (Å²) in [6.07, 6.45) is 2.66. The largest absolute Gasteiger partial charge is 0.481 e. The van der Waals surface area contributed by atoms with Crippen LogP contribution in [0.3, 0.4) is 0 Å². The molecule has 26 heavy (non-hydrogen) atoms. The van der Waals surface area contributed by atoms with Crippen LogP contribution in [0.5, 0.6) is 5.75 Å². The number of nitrogens with one attached hydrogen (secondary N) is 1. The van der Waals surface area contributed by atoms with Gasteiger partial charge < -0.3 is 20.1 Å². The Bertz CT molecular complexity index is 685. The van der Waals surface area contributed by atoms with E-state index in [1.807, 2.05) is 0 Å². The van der Waals surface area contributed by atoms with Crippen molar-refractivity contribution in [2.45, 2.75) is 32.3 Å². The number of aliphatic carboxylic acids is 1. The standard InChI is InChI=1S/C18H22F2N2O4/c19-16(20)26-14-6-2-1-4-12(14)7-9-21-17(25)22-10-13-5-3-8-18(13,11-22)15(23)24/h1-2,4,6,13,16H,3,5,7-11H2,(H,21,25)(H,23,24)/t13-,18+/m0/s1. The van der Waals surface area contributed by atoms with Gasteiger partial charge in [-0.2, -0.15) is 8.78 Å². The van der Waals surface area contributed by atoms with Crippen LogP contribution >= 0.6 is 0 Å². The van der Waals surface area contributed by atoms with Crippen LogP contribution < -0.4 is 10.1 Å². The van der Waals surface area contributed by atoms with Crippen LogP contribution in [-0.2, 0) is 11.2 Å². The van der Waals surface area contributed by atoms with Gasteiger partial charge in [0.2, 0.25) is 0 Å². The van der Waals surface area contributed by atoms with Gasteiger partial charge in [-0.15, -0.1) is 0 Å². The van der Waals surface area contributed by atoms with E-state index >= 15 is 0 Å². The highest BCUT2D eigenvalue weighted by molar-refractivity contribution is 5.80. The Balaban J connectivity index is 1.54. The molecule has 2 N–H and O–H groups in total. The molecule has 142 valence electrons. The number of carboxylic acid groups (broad SMARTS) is 1. The van der Waals surface area contributed by atoms with Crippen molar-refractivity contribution in [2.75, 3.05) is 19.6 Å². The number of carboxylic acids is 1. The van der Waals surface area contributed by atoms with Crippen molar-refractivity contribution in [1.82, 2.24) is 10.2 Å². The molecule has 0 unspecified atom stereocenters. The van der Waals surface area contributed by atoms with Crippen LogP contribution in [0.4, 0.5) is 13.6 Å². The van der Waals surface area contributed by atoms with E-state index in [0.717, 1.165) is 12.8 Å². The van der Waals surface area contributed by atoms with E-state index < -0.39 is 18.0 Å². The summed E-state index contributed by atoms with van der Waals surface area (Å²) < 4.78 is 29.3. The summed E-state index contributed by atoms with van der Waals surface area (Å²) in [5, 5.41) is 12.3. The van der Waals surface area contributed by atoms with Gasteiger partial charge in [-0.05, 0) is 36.8 Å². The van der Waals surface area contributed by atoms with Gasteiger partial charge in [0.1, 0.15) is 5.75 Å². The molecule has 0 bridgehead atoms. The second kappa shape index (κ2) is 7.47. The highest BCUT2D eigenvalue weighted by Gasteiger charge is 2.55. The summed E-state index contributed by atoms with van der Waals surface area (Å²) in [4.78, 5) is 25.6. The Hall–Kier alpha value is -2.38. The lowest BCUT2D eigenvalue weighted by atomic mass is 9.81. The van der Waals surface area contributed by atoms with E-state index in [-0.39, 0.29) is 30.8 Å². The number of hydrogen-bond acceptors (Lipinski definition) is 3. The minimum atomic E-state index is -2.90. The molecular weight excluding hydrogens is 346 g/mol. The van der Waals surface area contributed by atoms with Crippen molar-refractivity contribution in [3.05, 3.63) is 29.8 Å². The van der Waals surface area contributed by atoms with Gasteiger partial charge in [-0.1, -0.05) is 24.6 Å². The molecule has 1 heterocycles. The van der Waals surface area contributed by atoms with Crippen LogP contribution in [0.15, 0.2) is 24.3 Å². The maximum atomic E-state index is 12.4. The number of benzene rings is 1. The molecule has 2 atom stereocenters. The number of likely N-dealkylation sites (tertiary alicyclic amines) is 1. The summed E-state index contributed by atoms with van der Waals surface area (Å²) in [5.74, 6) is -0.725. The predicted molar refractivity (Wildman–Crippen MR) is 89.2 cm³/mol. The van der Waals surface area contributed by atoms with Crippen molar-refractivity contribution in [3.8, 4) is 5.75 Å². The molecule has 1 saturated heterocycles. The smallest absolute Gasteiger partial charge is 0.387 e. The first-order valence-corrected chi connectivity index (χ1v) is 8.71. The van der Waals surface area contributed by atoms with Gasteiger partial charge in [0.25, 0.3) is 0 Å². The van der Waals surface area contributed by atoms with Crippen molar-refractivity contribution < 1.29 is 28.2 Å². The maximum absolute atomic E-state index is 12.4. The summed E-state index contributed by atoms with van der Waals surface area (Å²) in [7, 11) is 0. The zero-order valence-electron chi connectivity index (χ0n) is 14.3. The molecule has 1 saturated carbocycles. The quantitative estimate of drug-likeness (QED) is 0.809. The molecule has 1 aromatic carbocycles. The first kappa shape index (κ1) is 18.4. The average molecular weight is 368 g/mol. The number of halogens is 2. The summed E-state index contributed by atoms with van der Waals surface area (Å²) in [5.41, 5.74) is -0.233. The number of nitrogens with zero attached hydrogens (tertiary/aromatic N) is 1. The van der Waals surface area contributed by atoms with Crippen molar-refractivity contribution >= 4 is 12.0 Å². The van der Waals surface area contributed by atoms with Gasteiger partial charge in [0, 0.05) is 19.6 Å². The SMILES string of the molecule is O=C(NCCc1ccccc1OC(F)F)N1C[C@@H]2CCC[C@@]2(C(=O)O)C1. The van der Waals surface area contributed by atoms with Crippen molar-refractivity contribution in [1.29, 1.82) is 0 Å². The first-order chi connectivity index (χ1) is 12.4. The molecule has 2 aliphatic rings. The van der Waals surface area contributed by atoms with Crippen LogP contribution in [0.1, 0.15) is 24.8 Å². The molecule has 3 rings (SSSR count). The number of fused-ring (bicyclic) bond motifs is 1. The Morgan fingerprint density at radius 2 is 2.15 bits per heavy atom. The second-order valence-corrected chi connectivity index (χ2v) is 6.90. The molecule has 1 aliphatic heterocycles. The van der Waals surface area contributed by atoms with E-state index in [1.54, 1.807) is 23.1 Å². The monoisotopic (exact) mass is 368 g/mol. The highest BCUT2D eigenvalue weighted by Crippen LogP contribution is 2.48. The van der Waals surface area contributed by atoms with E-state index in [0.29, 0.717) is 24.9 Å². The number of alkyl halides is 2. The molecule has 1 aromatic rings. The van der Waals surface area contributed by atoms with E-state index in [1.165, 1.54) is 6.07 Å². The topological polar surface area (TPSA) is 78.9 Å². The molecule has 0 spiro atoms. The summed E-state index contributed by atoms with van der Waals surface area (Å²) >= 11 is 0. The number of amides is 2. The summed E-state index contributed by atoms with van der Waals surface area (Å²) in [6, 6.07) is 6.14. The lowest BCUT2D eigenvalue weighted by molar-refractivity contribution is -0.149. The number of rotatable bonds is 6. The Morgan fingerprint density at radius 3 is 2.85 bits per heavy atom. The van der Waals surface area contributed by atoms with Gasteiger partial charge in [0.15, 0.2) is 0 Å². The third kappa shape index (κ3) is 3.59. The normalized spacial score (nSPS) is 24.6. The molecular formula is C18H22F2N2O4. The molecule has 0 radical (unpaired) electrons. The van der Waals surface area contributed by atoms with Crippen LogP contribution in [-0.4, -0.2) is 48.3 Å². The maximum Gasteiger partial charge on any atom is 0.387 e. The van der Waals surface area contributed by atoms with Gasteiger partial charge in [-0.3, -0.25) is 4.79 Å². The lowest BCUT2D eigenvalue weighted by Crippen LogP contribution is -2.42. The number of para-hydroxylation sites is 1. The molecule has 6 nitrogen and oxygen atoms in total. The van der Waals surface area contributed by atoms with Crippen LogP contribution in [0.2, 0.25) is 0 Å². The van der Waals surface area contributed by atoms with E-state index in [2.05, 4.69) is 10.1 Å². The number of carbonyl (C=O) groups is 2. The third-order valence-corrected chi connectivity index (χ3v) is 5.44. The Kier molecular flexibility index (Phi) is 5.29. The number of ether oxygens (including phenoxy) is 1. The predicted octanol–water partition coefficient (Wildman–Crippen LogP) is 2.73. The van der Waals surface area contributed by atoms with E-state index in [9.17, 15) is 23.5 Å². The third-order valence-electron chi connectivity index (χ3n) is 5.44. The lowest BCUT2D eigenvalue weighted by Gasteiger charge is -2.23. The molecule has 0 aromatic heterocycles. The van der Waals surface area contributed by atoms with Crippen LogP contribution in [0.25, 0.3) is 0 Å². The molecule has 8 heteroatoms. The number of urea groups is 1. The summed E-state index contributed by atoms with van der Waals surface area (Å²) in [6.45, 7) is -1.97. The zero-order chi connectivity index (χ0) is 18.7. The van der Waals surface area contributed by atoms with Gasteiger partial charge >= 0.3 is 18.6 Å². The van der Waals surface area contributed by atoms with Crippen molar-refractivity contribution in [2.24, 2.45) is 11.3 Å². The first-order valence-electron chi connectivity index (χ1n) is 8.71. The second-order valence-electron chi connectivity index (χ2n) is 6.90. The van der Waals surface area contributed by atoms with E-state index in [4.69, 9.17) is 0 Å². The van der Waals surface area contributed by atoms with Crippen molar-refractivity contribution in [3.63, 3.8) is 0 Å². The Labute approximate surface area is 150 Å². The Morgan fingerprint density at radius 1 is 1.38 bits per heavy atom. The molecule has 2 amide bonds. The zero-order valence-corrected chi connectivity index (χ0v) is 14.3. The number of hydrogen-bond donors (Lipinski definition) is 2. The fraction of sp³-hybridized carbons (Fsp3) is 0.556.